The van der Waals surface area contributed by atoms with E-state index in [-0.39, 0.29) is 0 Å². The number of hydrogen-bond donors (Lipinski definition) is 2. The Morgan fingerprint density at radius 3 is 2.38 bits per heavy atom. The summed E-state index contributed by atoms with van der Waals surface area (Å²) >= 11 is 0. The Kier molecular flexibility index (Phi) is 5.55. The minimum absolute atomic E-state index is 0.301. The lowest BCUT2D eigenvalue weighted by atomic mass is 10.1. The zero-order valence-electron chi connectivity index (χ0n) is 10.4. The summed E-state index contributed by atoms with van der Waals surface area (Å²) < 4.78 is 0. The molecule has 1 heterocycles. The largest absolute Gasteiger partial charge is 0.409 e. The van der Waals surface area contributed by atoms with Crippen molar-refractivity contribution >= 4 is 5.84 Å². The van der Waals surface area contributed by atoms with Crippen molar-refractivity contribution in [1.29, 1.82) is 0 Å². The summed E-state index contributed by atoms with van der Waals surface area (Å²) in [5, 5.41) is 11.5. The molecule has 1 saturated heterocycles. The van der Waals surface area contributed by atoms with E-state index in [2.05, 4.69) is 28.8 Å². The van der Waals surface area contributed by atoms with Gasteiger partial charge in [-0.15, -0.1) is 0 Å². The molecule has 3 N–H and O–H groups in total. The lowest BCUT2D eigenvalue weighted by Crippen LogP contribution is -2.49. The van der Waals surface area contributed by atoms with Crippen LogP contribution in [-0.2, 0) is 0 Å². The van der Waals surface area contributed by atoms with Crippen LogP contribution in [0.15, 0.2) is 5.16 Å². The SMILES string of the molecule is CCC(C)CN1CCN(CC(N)=NO)CC1. The van der Waals surface area contributed by atoms with Gasteiger partial charge in [-0.25, -0.2) is 0 Å². The van der Waals surface area contributed by atoms with Gasteiger partial charge in [-0.2, -0.15) is 0 Å². The van der Waals surface area contributed by atoms with E-state index < -0.39 is 0 Å². The van der Waals surface area contributed by atoms with Crippen molar-refractivity contribution in [3.05, 3.63) is 0 Å². The monoisotopic (exact) mass is 228 g/mol. The molecule has 0 radical (unpaired) electrons. The van der Waals surface area contributed by atoms with Gasteiger partial charge in [-0.05, 0) is 5.92 Å². The second-order valence-corrected chi connectivity index (χ2v) is 4.68. The molecule has 0 bridgehead atoms. The molecule has 1 aliphatic heterocycles. The van der Waals surface area contributed by atoms with Gasteiger partial charge in [0.2, 0.25) is 0 Å². The van der Waals surface area contributed by atoms with Crippen molar-refractivity contribution in [3.63, 3.8) is 0 Å². The molecular formula is C11H24N4O. The number of rotatable bonds is 5. The molecule has 5 heteroatoms. The van der Waals surface area contributed by atoms with Crippen molar-refractivity contribution in [2.75, 3.05) is 39.3 Å². The first-order chi connectivity index (χ1) is 7.65. The van der Waals surface area contributed by atoms with Gasteiger partial charge in [-0.3, -0.25) is 4.90 Å². The highest BCUT2D eigenvalue weighted by molar-refractivity contribution is 5.81. The van der Waals surface area contributed by atoms with Crippen LogP contribution in [0.1, 0.15) is 20.3 Å². The Morgan fingerprint density at radius 1 is 1.31 bits per heavy atom. The topological polar surface area (TPSA) is 65.1 Å². The second-order valence-electron chi connectivity index (χ2n) is 4.68. The van der Waals surface area contributed by atoms with Gasteiger partial charge in [0.05, 0.1) is 6.54 Å². The average Bonchev–Trinajstić information content (AvgIpc) is 2.31. The van der Waals surface area contributed by atoms with Crippen molar-refractivity contribution in [1.82, 2.24) is 9.80 Å². The van der Waals surface area contributed by atoms with E-state index in [9.17, 15) is 0 Å². The Morgan fingerprint density at radius 2 is 1.88 bits per heavy atom. The first-order valence-electron chi connectivity index (χ1n) is 6.06. The fourth-order valence-corrected chi connectivity index (χ4v) is 1.96. The van der Waals surface area contributed by atoms with E-state index in [0.29, 0.717) is 12.4 Å². The minimum atomic E-state index is 0.301. The summed E-state index contributed by atoms with van der Waals surface area (Å²) in [5.41, 5.74) is 5.49. The third-order valence-corrected chi connectivity index (χ3v) is 3.25. The molecule has 1 fully saturated rings. The minimum Gasteiger partial charge on any atom is -0.409 e. The van der Waals surface area contributed by atoms with Crippen LogP contribution in [0, 0.1) is 5.92 Å². The van der Waals surface area contributed by atoms with Crippen LogP contribution in [0.2, 0.25) is 0 Å². The Bertz CT molecular complexity index is 224. The second kappa shape index (κ2) is 6.70. The summed E-state index contributed by atoms with van der Waals surface area (Å²) in [6, 6.07) is 0. The smallest absolute Gasteiger partial charge is 0.153 e. The highest BCUT2D eigenvalue weighted by Crippen LogP contribution is 2.07. The number of hydrogen-bond acceptors (Lipinski definition) is 4. The molecule has 94 valence electrons. The van der Waals surface area contributed by atoms with E-state index in [4.69, 9.17) is 10.9 Å². The predicted octanol–water partition coefficient (Wildman–Crippen LogP) is 0.397. The fourth-order valence-electron chi connectivity index (χ4n) is 1.96. The quantitative estimate of drug-likeness (QED) is 0.309. The third kappa shape index (κ3) is 4.37. The molecule has 1 aliphatic rings. The number of nitrogens with zero attached hydrogens (tertiary/aromatic N) is 3. The molecule has 0 aliphatic carbocycles. The molecule has 5 nitrogen and oxygen atoms in total. The maximum atomic E-state index is 8.49. The van der Waals surface area contributed by atoms with Gasteiger partial charge >= 0.3 is 0 Å². The summed E-state index contributed by atoms with van der Waals surface area (Å²) in [7, 11) is 0. The number of nitrogens with two attached hydrogens (primary N) is 1. The molecule has 0 aromatic carbocycles. The molecular weight excluding hydrogens is 204 g/mol. The summed E-state index contributed by atoms with van der Waals surface area (Å²) in [4.78, 5) is 4.72. The van der Waals surface area contributed by atoms with Crippen LogP contribution in [0.3, 0.4) is 0 Å². The van der Waals surface area contributed by atoms with Gasteiger partial charge in [0, 0.05) is 32.7 Å². The van der Waals surface area contributed by atoms with E-state index in [1.165, 1.54) is 13.0 Å². The summed E-state index contributed by atoms with van der Waals surface area (Å²) in [6.45, 7) is 10.5. The van der Waals surface area contributed by atoms with Gasteiger partial charge in [-0.1, -0.05) is 25.4 Å². The lowest BCUT2D eigenvalue weighted by molar-refractivity contribution is 0.130. The Hall–Kier alpha value is -0.810. The van der Waals surface area contributed by atoms with Gasteiger partial charge in [0.1, 0.15) is 0 Å². The highest BCUT2D eigenvalue weighted by Gasteiger charge is 2.18. The summed E-state index contributed by atoms with van der Waals surface area (Å²) in [5.74, 6) is 1.08. The standard InChI is InChI=1S/C11H24N4O/c1-3-10(2)8-14-4-6-15(7-5-14)9-11(12)13-16/h10,16H,3-9H2,1-2H3,(H2,12,13). The van der Waals surface area contributed by atoms with Crippen LogP contribution >= 0.6 is 0 Å². The zero-order chi connectivity index (χ0) is 12.0. The van der Waals surface area contributed by atoms with Crippen LogP contribution in [0.5, 0.6) is 0 Å². The lowest BCUT2D eigenvalue weighted by Gasteiger charge is -2.35. The first kappa shape index (κ1) is 13.3. The van der Waals surface area contributed by atoms with Crippen LogP contribution in [0.25, 0.3) is 0 Å². The van der Waals surface area contributed by atoms with Crippen molar-refractivity contribution in [2.45, 2.75) is 20.3 Å². The number of oxime groups is 1. The number of amidine groups is 1. The van der Waals surface area contributed by atoms with E-state index in [0.717, 1.165) is 32.1 Å². The number of piperazine rings is 1. The predicted molar refractivity (Wildman–Crippen MR) is 65.7 cm³/mol. The Balaban J connectivity index is 2.23. The maximum absolute atomic E-state index is 8.49. The van der Waals surface area contributed by atoms with Crippen LogP contribution in [0.4, 0.5) is 0 Å². The first-order valence-corrected chi connectivity index (χ1v) is 6.06. The normalized spacial score (nSPS) is 22.2. The molecule has 0 spiro atoms. The molecule has 0 saturated carbocycles. The molecule has 1 atom stereocenters. The van der Waals surface area contributed by atoms with Crippen molar-refractivity contribution < 1.29 is 5.21 Å². The van der Waals surface area contributed by atoms with Gasteiger partial charge < -0.3 is 15.8 Å². The molecule has 0 aromatic heterocycles. The molecule has 1 unspecified atom stereocenters. The van der Waals surface area contributed by atoms with E-state index in [1.54, 1.807) is 0 Å². The van der Waals surface area contributed by atoms with E-state index in [1.807, 2.05) is 0 Å². The molecule has 0 aromatic rings. The van der Waals surface area contributed by atoms with Crippen molar-refractivity contribution in [2.24, 2.45) is 16.8 Å². The zero-order valence-corrected chi connectivity index (χ0v) is 10.4. The third-order valence-electron chi connectivity index (χ3n) is 3.25. The van der Waals surface area contributed by atoms with Gasteiger partial charge in [0.15, 0.2) is 5.84 Å². The molecule has 0 amide bonds. The fraction of sp³-hybridized carbons (Fsp3) is 0.909. The van der Waals surface area contributed by atoms with Crippen LogP contribution in [-0.4, -0.2) is 60.1 Å². The average molecular weight is 228 g/mol. The van der Waals surface area contributed by atoms with Crippen molar-refractivity contribution in [3.8, 4) is 0 Å². The van der Waals surface area contributed by atoms with E-state index >= 15 is 0 Å². The molecule has 16 heavy (non-hydrogen) atoms. The summed E-state index contributed by atoms with van der Waals surface area (Å²) in [6.07, 6.45) is 1.24. The Labute approximate surface area is 97.9 Å². The van der Waals surface area contributed by atoms with Gasteiger partial charge in [0.25, 0.3) is 0 Å². The molecule has 1 rings (SSSR count). The highest BCUT2D eigenvalue weighted by atomic mass is 16.4. The maximum Gasteiger partial charge on any atom is 0.153 e. The van der Waals surface area contributed by atoms with Crippen LogP contribution < -0.4 is 5.73 Å².